The molecule has 0 saturated heterocycles. The number of nitro groups is 1. The molecule has 6 heteroatoms. The number of benzene rings is 1. The summed E-state index contributed by atoms with van der Waals surface area (Å²) >= 11 is 0. The summed E-state index contributed by atoms with van der Waals surface area (Å²) in [6, 6.07) is 4.43. The molecule has 92 valence electrons. The second-order valence-electron chi connectivity index (χ2n) is 3.11. The lowest BCUT2D eigenvalue weighted by molar-refractivity contribution is -0.385. The summed E-state index contributed by atoms with van der Waals surface area (Å²) in [5.41, 5.74) is 5.14. The van der Waals surface area contributed by atoms with Crippen LogP contribution in [0.5, 0.6) is 11.5 Å². The van der Waals surface area contributed by atoms with Gasteiger partial charge in [-0.15, -0.1) is 0 Å². The third kappa shape index (κ3) is 3.76. The minimum absolute atomic E-state index is 0.120. The Morgan fingerprint density at radius 2 is 2.24 bits per heavy atom. The van der Waals surface area contributed by atoms with Gasteiger partial charge in [-0.3, -0.25) is 10.1 Å². The monoisotopic (exact) mass is 238 g/mol. The number of ether oxygens (including phenoxy) is 2. The van der Waals surface area contributed by atoms with Gasteiger partial charge in [0.05, 0.1) is 18.1 Å². The molecule has 0 amide bonds. The standard InChI is InChI=1S/C11H14N2O4/c1-16-9-4-5-11(10(8-9)13(14)15)17-7-3-2-6-12/h2-5,8H,6-7,12H2,1H3. The van der Waals surface area contributed by atoms with Gasteiger partial charge in [-0.2, -0.15) is 0 Å². The topological polar surface area (TPSA) is 87.6 Å². The van der Waals surface area contributed by atoms with Gasteiger partial charge >= 0.3 is 5.69 Å². The van der Waals surface area contributed by atoms with Gasteiger partial charge in [0.15, 0.2) is 5.75 Å². The summed E-state index contributed by atoms with van der Waals surface area (Å²) < 4.78 is 10.2. The van der Waals surface area contributed by atoms with E-state index in [9.17, 15) is 10.1 Å². The lowest BCUT2D eigenvalue weighted by Gasteiger charge is -2.05. The highest BCUT2D eigenvalue weighted by Gasteiger charge is 2.15. The predicted molar refractivity (Wildman–Crippen MR) is 63.3 cm³/mol. The van der Waals surface area contributed by atoms with Crippen LogP contribution in [0.25, 0.3) is 0 Å². The Labute approximate surface area is 98.8 Å². The van der Waals surface area contributed by atoms with Crippen LogP contribution in [-0.4, -0.2) is 25.2 Å². The summed E-state index contributed by atoms with van der Waals surface area (Å²) in [7, 11) is 1.45. The smallest absolute Gasteiger partial charge is 0.314 e. The Kier molecular flexibility index (Phi) is 4.96. The van der Waals surface area contributed by atoms with Gasteiger partial charge < -0.3 is 15.2 Å². The van der Waals surface area contributed by atoms with E-state index in [-0.39, 0.29) is 18.0 Å². The molecule has 0 spiro atoms. The average molecular weight is 238 g/mol. The van der Waals surface area contributed by atoms with E-state index < -0.39 is 4.92 Å². The highest BCUT2D eigenvalue weighted by Crippen LogP contribution is 2.30. The highest BCUT2D eigenvalue weighted by molar-refractivity contribution is 5.50. The minimum atomic E-state index is -0.509. The Balaban J connectivity index is 2.83. The largest absolute Gasteiger partial charge is 0.496 e. The molecule has 1 aromatic carbocycles. The number of hydrogen-bond acceptors (Lipinski definition) is 5. The first-order valence-electron chi connectivity index (χ1n) is 4.99. The van der Waals surface area contributed by atoms with Crippen molar-refractivity contribution in [3.63, 3.8) is 0 Å². The molecule has 0 unspecified atom stereocenters. The zero-order valence-electron chi connectivity index (χ0n) is 9.46. The van der Waals surface area contributed by atoms with E-state index in [2.05, 4.69) is 0 Å². The molecule has 0 saturated carbocycles. The van der Waals surface area contributed by atoms with Crippen molar-refractivity contribution >= 4 is 5.69 Å². The van der Waals surface area contributed by atoms with Crippen LogP contribution in [0.15, 0.2) is 30.4 Å². The van der Waals surface area contributed by atoms with Gasteiger partial charge in [0.2, 0.25) is 0 Å². The van der Waals surface area contributed by atoms with Gasteiger partial charge in [-0.1, -0.05) is 12.2 Å². The summed E-state index contributed by atoms with van der Waals surface area (Å²) in [5, 5.41) is 10.8. The molecule has 6 nitrogen and oxygen atoms in total. The van der Waals surface area contributed by atoms with Gasteiger partial charge in [-0.25, -0.2) is 0 Å². The molecule has 0 aliphatic carbocycles. The second kappa shape index (κ2) is 6.49. The van der Waals surface area contributed by atoms with Crippen LogP contribution in [0.4, 0.5) is 5.69 Å². The number of rotatable bonds is 6. The molecule has 0 fully saturated rings. The number of hydrogen-bond donors (Lipinski definition) is 1. The van der Waals surface area contributed by atoms with E-state index in [0.29, 0.717) is 12.3 Å². The Hall–Kier alpha value is -2.08. The zero-order valence-corrected chi connectivity index (χ0v) is 9.46. The fourth-order valence-corrected chi connectivity index (χ4v) is 1.19. The third-order valence-electron chi connectivity index (χ3n) is 2.00. The van der Waals surface area contributed by atoms with Crippen molar-refractivity contribution in [2.75, 3.05) is 20.3 Å². The number of methoxy groups -OCH3 is 1. The van der Waals surface area contributed by atoms with E-state index in [4.69, 9.17) is 15.2 Å². The molecular weight excluding hydrogens is 224 g/mol. The van der Waals surface area contributed by atoms with Crippen molar-refractivity contribution in [2.45, 2.75) is 0 Å². The lowest BCUT2D eigenvalue weighted by Crippen LogP contribution is -2.00. The molecule has 0 heterocycles. The van der Waals surface area contributed by atoms with Crippen molar-refractivity contribution in [2.24, 2.45) is 5.73 Å². The van der Waals surface area contributed by atoms with Gasteiger partial charge in [0, 0.05) is 6.54 Å². The first-order valence-corrected chi connectivity index (χ1v) is 4.99. The Bertz CT molecular complexity index is 418. The molecule has 1 rings (SSSR count). The van der Waals surface area contributed by atoms with Crippen molar-refractivity contribution in [1.29, 1.82) is 0 Å². The number of nitrogens with two attached hydrogens (primary N) is 1. The van der Waals surface area contributed by atoms with Crippen LogP contribution in [0.2, 0.25) is 0 Å². The van der Waals surface area contributed by atoms with E-state index >= 15 is 0 Å². The molecule has 0 atom stereocenters. The van der Waals surface area contributed by atoms with E-state index in [0.717, 1.165) is 0 Å². The van der Waals surface area contributed by atoms with Crippen LogP contribution in [0.1, 0.15) is 0 Å². The molecule has 0 bridgehead atoms. The van der Waals surface area contributed by atoms with Crippen molar-refractivity contribution in [1.82, 2.24) is 0 Å². The minimum Gasteiger partial charge on any atom is -0.496 e. The maximum Gasteiger partial charge on any atom is 0.314 e. The first kappa shape index (κ1) is 13.0. The molecule has 0 aromatic heterocycles. The molecule has 2 N–H and O–H groups in total. The molecule has 1 aromatic rings. The van der Waals surface area contributed by atoms with Gasteiger partial charge in [0.1, 0.15) is 12.4 Å². The maximum atomic E-state index is 10.8. The summed E-state index contributed by atoms with van der Waals surface area (Å²) in [4.78, 5) is 10.3. The van der Waals surface area contributed by atoms with Crippen LogP contribution in [0, 0.1) is 10.1 Å². The van der Waals surface area contributed by atoms with E-state index in [1.54, 1.807) is 18.2 Å². The van der Waals surface area contributed by atoms with Crippen molar-refractivity contribution in [3.8, 4) is 11.5 Å². The maximum absolute atomic E-state index is 10.8. The highest BCUT2D eigenvalue weighted by atomic mass is 16.6. The summed E-state index contributed by atoms with van der Waals surface area (Å²) in [5.74, 6) is 0.624. The zero-order chi connectivity index (χ0) is 12.7. The summed E-state index contributed by atoms with van der Waals surface area (Å²) in [6.07, 6.45) is 3.42. The van der Waals surface area contributed by atoms with Crippen LogP contribution < -0.4 is 15.2 Å². The van der Waals surface area contributed by atoms with Gasteiger partial charge in [-0.05, 0) is 12.1 Å². The Morgan fingerprint density at radius 3 is 2.82 bits per heavy atom. The van der Waals surface area contributed by atoms with Gasteiger partial charge in [0.25, 0.3) is 0 Å². The van der Waals surface area contributed by atoms with Crippen LogP contribution in [0.3, 0.4) is 0 Å². The third-order valence-corrected chi connectivity index (χ3v) is 2.00. The number of nitrogens with zero attached hydrogens (tertiary/aromatic N) is 1. The quantitative estimate of drug-likeness (QED) is 0.461. The normalized spacial score (nSPS) is 10.5. The van der Waals surface area contributed by atoms with E-state index in [1.807, 2.05) is 0 Å². The van der Waals surface area contributed by atoms with Crippen molar-refractivity contribution < 1.29 is 14.4 Å². The fourth-order valence-electron chi connectivity index (χ4n) is 1.19. The predicted octanol–water partition coefficient (Wildman–Crippen LogP) is 1.50. The van der Waals surface area contributed by atoms with Crippen molar-refractivity contribution in [3.05, 3.63) is 40.5 Å². The molecular formula is C11H14N2O4. The van der Waals surface area contributed by atoms with Crippen LogP contribution in [-0.2, 0) is 0 Å². The van der Waals surface area contributed by atoms with Crippen LogP contribution >= 0.6 is 0 Å². The first-order chi connectivity index (χ1) is 8.19. The SMILES string of the molecule is COc1ccc(OCC=CCN)c([N+](=O)[O-])c1. The molecule has 0 aliphatic heterocycles. The van der Waals surface area contributed by atoms with E-state index in [1.165, 1.54) is 19.2 Å². The second-order valence-corrected chi connectivity index (χ2v) is 3.11. The summed E-state index contributed by atoms with van der Waals surface area (Å²) in [6.45, 7) is 0.651. The number of nitro benzene ring substituents is 1. The lowest BCUT2D eigenvalue weighted by atomic mass is 10.3. The Morgan fingerprint density at radius 1 is 1.47 bits per heavy atom. The molecule has 0 aliphatic rings. The average Bonchev–Trinajstić information content (AvgIpc) is 2.34. The molecule has 0 radical (unpaired) electrons. The fraction of sp³-hybridized carbons (Fsp3) is 0.273. The molecule has 17 heavy (non-hydrogen) atoms.